The van der Waals surface area contributed by atoms with E-state index in [1.54, 1.807) is 24.4 Å². The van der Waals surface area contributed by atoms with Crippen LogP contribution in [0.25, 0.3) is 5.52 Å². The molecule has 0 radical (unpaired) electrons. The van der Waals surface area contributed by atoms with Gasteiger partial charge in [0.2, 0.25) is 0 Å². The molecule has 2 aromatic heterocycles. The molecule has 1 aromatic carbocycles. The molecule has 1 atom stereocenters. The molecule has 116 valence electrons. The normalized spacial score (nSPS) is 12.0. The molecule has 0 saturated heterocycles. The molecule has 0 fully saturated rings. The van der Waals surface area contributed by atoms with Gasteiger partial charge >= 0.3 is 0 Å². The lowest BCUT2D eigenvalue weighted by Crippen LogP contribution is -2.09. The summed E-state index contributed by atoms with van der Waals surface area (Å²) in [7, 11) is 0. The smallest absolute Gasteiger partial charge is 0.139 e. The number of nitriles is 1. The summed E-state index contributed by atoms with van der Waals surface area (Å²) in [5, 5.41) is 14.0. The summed E-state index contributed by atoms with van der Waals surface area (Å²) >= 11 is 6.04. The van der Waals surface area contributed by atoms with Crippen molar-refractivity contribution in [1.29, 1.82) is 5.26 Å². The number of halogens is 1. The fourth-order valence-corrected chi connectivity index (χ4v) is 2.70. The van der Waals surface area contributed by atoms with E-state index in [2.05, 4.69) is 24.2 Å². The maximum Gasteiger partial charge on any atom is 0.139 e. The van der Waals surface area contributed by atoms with Gasteiger partial charge in [-0.1, -0.05) is 24.9 Å². The molecule has 0 aliphatic heterocycles. The largest absolute Gasteiger partial charge is 0.484 e. The minimum Gasteiger partial charge on any atom is -0.484 e. The summed E-state index contributed by atoms with van der Waals surface area (Å²) in [4.78, 5) is 0. The molecule has 0 aliphatic carbocycles. The number of pyridine rings is 1. The van der Waals surface area contributed by atoms with E-state index < -0.39 is 0 Å². The minimum atomic E-state index is -0.134. The van der Waals surface area contributed by atoms with E-state index in [0.29, 0.717) is 16.3 Å². The molecule has 3 aromatic rings. The maximum atomic E-state index is 9.25. The molecule has 2 heterocycles. The molecular formula is C18H16ClN3O. The number of hydrogen-bond acceptors (Lipinski definition) is 3. The third-order valence-corrected chi connectivity index (χ3v) is 3.91. The summed E-state index contributed by atoms with van der Waals surface area (Å²) < 4.78 is 7.94. The van der Waals surface area contributed by atoms with E-state index in [-0.39, 0.29) is 6.10 Å². The second-order valence-electron chi connectivity index (χ2n) is 5.31. The van der Waals surface area contributed by atoms with E-state index in [1.807, 2.05) is 22.8 Å². The van der Waals surface area contributed by atoms with Crippen molar-refractivity contribution in [2.24, 2.45) is 0 Å². The summed E-state index contributed by atoms with van der Waals surface area (Å²) in [5.41, 5.74) is 2.56. The molecule has 5 heteroatoms. The van der Waals surface area contributed by atoms with E-state index >= 15 is 0 Å². The van der Waals surface area contributed by atoms with Crippen LogP contribution in [0, 0.1) is 11.3 Å². The third kappa shape index (κ3) is 3.30. The lowest BCUT2D eigenvalue weighted by atomic mass is 10.1. The number of nitrogens with zero attached hydrogens (tertiary/aromatic N) is 3. The van der Waals surface area contributed by atoms with Gasteiger partial charge < -0.3 is 4.74 Å². The van der Waals surface area contributed by atoms with Crippen LogP contribution < -0.4 is 4.74 Å². The van der Waals surface area contributed by atoms with Gasteiger partial charge in [-0.05, 0) is 42.3 Å². The Morgan fingerprint density at radius 1 is 1.30 bits per heavy atom. The second kappa shape index (κ2) is 6.72. The topological polar surface area (TPSA) is 50.3 Å². The zero-order valence-corrected chi connectivity index (χ0v) is 13.5. The van der Waals surface area contributed by atoms with Crippen LogP contribution in [0.15, 0.2) is 48.8 Å². The lowest BCUT2D eigenvalue weighted by Gasteiger charge is -2.20. The van der Waals surface area contributed by atoms with Gasteiger partial charge in [-0.15, -0.1) is 0 Å². The lowest BCUT2D eigenvalue weighted by molar-refractivity contribution is 0.193. The van der Waals surface area contributed by atoms with Gasteiger partial charge in [0.15, 0.2) is 0 Å². The Balaban J connectivity index is 1.95. The number of hydrogen-bond donors (Lipinski definition) is 0. The molecule has 0 amide bonds. The van der Waals surface area contributed by atoms with E-state index in [0.717, 1.165) is 23.9 Å². The summed E-state index contributed by atoms with van der Waals surface area (Å²) in [5.74, 6) is 0.520. The van der Waals surface area contributed by atoms with Gasteiger partial charge in [0, 0.05) is 23.5 Å². The van der Waals surface area contributed by atoms with Crippen LogP contribution >= 0.6 is 11.6 Å². The fourth-order valence-electron chi connectivity index (χ4n) is 2.53. The zero-order valence-electron chi connectivity index (χ0n) is 12.7. The fraction of sp³-hybridized carbons (Fsp3) is 0.222. The SMILES string of the molecule is CCCC(Oc1cc(Cl)ccc1C#N)c1ccn2nccc2c1. The Bertz CT molecular complexity index is 866. The molecule has 4 nitrogen and oxygen atoms in total. The van der Waals surface area contributed by atoms with Gasteiger partial charge in [-0.25, -0.2) is 4.52 Å². The Hall–Kier alpha value is -2.51. The summed E-state index contributed by atoms with van der Waals surface area (Å²) in [6.45, 7) is 2.11. The van der Waals surface area contributed by atoms with Crippen LogP contribution in [0.4, 0.5) is 0 Å². The van der Waals surface area contributed by atoms with Crippen molar-refractivity contribution in [2.75, 3.05) is 0 Å². The van der Waals surface area contributed by atoms with Gasteiger partial charge in [0.25, 0.3) is 0 Å². The van der Waals surface area contributed by atoms with Crippen LogP contribution in [-0.2, 0) is 0 Å². The van der Waals surface area contributed by atoms with Crippen LogP contribution in [0.3, 0.4) is 0 Å². The van der Waals surface area contributed by atoms with Crippen molar-refractivity contribution < 1.29 is 4.74 Å². The first-order valence-electron chi connectivity index (χ1n) is 7.51. The van der Waals surface area contributed by atoms with Crippen molar-refractivity contribution in [3.8, 4) is 11.8 Å². The van der Waals surface area contributed by atoms with Crippen LogP contribution in [0.5, 0.6) is 5.75 Å². The van der Waals surface area contributed by atoms with E-state index in [1.165, 1.54) is 0 Å². The van der Waals surface area contributed by atoms with E-state index in [4.69, 9.17) is 16.3 Å². The number of fused-ring (bicyclic) bond motifs is 1. The van der Waals surface area contributed by atoms with Crippen molar-refractivity contribution in [3.63, 3.8) is 0 Å². The zero-order chi connectivity index (χ0) is 16.2. The van der Waals surface area contributed by atoms with Crippen molar-refractivity contribution in [3.05, 3.63) is 64.9 Å². The maximum absolute atomic E-state index is 9.25. The number of benzene rings is 1. The monoisotopic (exact) mass is 325 g/mol. The molecule has 0 N–H and O–H groups in total. The Morgan fingerprint density at radius 3 is 2.96 bits per heavy atom. The average molecular weight is 326 g/mol. The highest BCUT2D eigenvalue weighted by molar-refractivity contribution is 6.30. The highest BCUT2D eigenvalue weighted by Crippen LogP contribution is 2.30. The molecule has 1 unspecified atom stereocenters. The predicted molar refractivity (Wildman–Crippen MR) is 89.6 cm³/mol. The first-order chi connectivity index (χ1) is 11.2. The van der Waals surface area contributed by atoms with Crippen molar-refractivity contribution >= 4 is 17.1 Å². The molecule has 0 bridgehead atoms. The number of aromatic nitrogens is 2. The first-order valence-corrected chi connectivity index (χ1v) is 7.88. The highest BCUT2D eigenvalue weighted by Gasteiger charge is 2.16. The molecular weight excluding hydrogens is 310 g/mol. The summed E-state index contributed by atoms with van der Waals surface area (Å²) in [6.07, 6.45) is 5.36. The standard InChI is InChI=1S/C18H16ClN3O/c1-2-3-17(13-7-9-22-16(10-13)6-8-21-22)23-18-11-15(19)5-4-14(18)12-20/h4-11,17H,2-3H2,1H3. The van der Waals surface area contributed by atoms with Crippen LogP contribution in [0.2, 0.25) is 5.02 Å². The van der Waals surface area contributed by atoms with Crippen molar-refractivity contribution in [2.45, 2.75) is 25.9 Å². The van der Waals surface area contributed by atoms with Crippen LogP contribution in [-0.4, -0.2) is 9.61 Å². The Morgan fingerprint density at radius 2 is 2.17 bits per heavy atom. The van der Waals surface area contributed by atoms with Gasteiger partial charge in [-0.3, -0.25) is 0 Å². The first kappa shape index (κ1) is 15.4. The Labute approximate surface area is 139 Å². The van der Waals surface area contributed by atoms with Crippen molar-refractivity contribution in [1.82, 2.24) is 9.61 Å². The van der Waals surface area contributed by atoms with Gasteiger partial charge in [-0.2, -0.15) is 10.4 Å². The van der Waals surface area contributed by atoms with E-state index in [9.17, 15) is 5.26 Å². The number of rotatable bonds is 5. The molecule has 0 spiro atoms. The quantitative estimate of drug-likeness (QED) is 0.678. The number of ether oxygens (including phenoxy) is 1. The van der Waals surface area contributed by atoms with Gasteiger partial charge in [0.1, 0.15) is 17.9 Å². The molecule has 0 aliphatic rings. The summed E-state index contributed by atoms with van der Waals surface area (Å²) in [6, 6.07) is 13.2. The van der Waals surface area contributed by atoms with Gasteiger partial charge in [0.05, 0.1) is 11.1 Å². The Kier molecular flexibility index (Phi) is 4.50. The average Bonchev–Trinajstić information content (AvgIpc) is 3.02. The second-order valence-corrected chi connectivity index (χ2v) is 5.74. The minimum absolute atomic E-state index is 0.134. The third-order valence-electron chi connectivity index (χ3n) is 3.68. The van der Waals surface area contributed by atoms with Crippen LogP contribution in [0.1, 0.15) is 37.0 Å². The molecule has 3 rings (SSSR count). The molecule has 0 saturated carbocycles. The predicted octanol–water partition coefficient (Wildman–Crippen LogP) is 4.78. The highest BCUT2D eigenvalue weighted by atomic mass is 35.5. The molecule has 23 heavy (non-hydrogen) atoms.